The van der Waals surface area contributed by atoms with E-state index in [1.54, 1.807) is 0 Å². The number of hydrogen-bond donors (Lipinski definition) is 8. The normalized spacial score (nSPS) is 17.1. The number of rotatable bonds is 14. The predicted octanol–water partition coefficient (Wildman–Crippen LogP) is -3.49. The van der Waals surface area contributed by atoms with Gasteiger partial charge in [0.1, 0.15) is 18.1 Å². The lowest BCUT2D eigenvalue weighted by molar-refractivity contribution is -0.141. The van der Waals surface area contributed by atoms with Crippen molar-refractivity contribution >= 4 is 35.6 Å². The van der Waals surface area contributed by atoms with Crippen LogP contribution in [0.5, 0.6) is 0 Å². The Balaban J connectivity index is 2.00. The molecule has 2 rings (SSSR count). The maximum absolute atomic E-state index is 13.0. The summed E-state index contributed by atoms with van der Waals surface area (Å²) in [5.74, 6) is -3.66. The quantitative estimate of drug-likeness (QED) is 0.0660. The Bertz CT molecular complexity index is 1010. The number of guanidine groups is 1. The number of nitrogens with one attached hydrogen (secondary N) is 4. The molecular formula is C22H36N10O6. The second-order valence-corrected chi connectivity index (χ2v) is 8.95. The van der Waals surface area contributed by atoms with Crippen LogP contribution in [0.3, 0.4) is 0 Å². The number of aromatic amines is 1. The molecule has 4 amide bonds. The highest BCUT2D eigenvalue weighted by atomic mass is 16.4. The van der Waals surface area contributed by atoms with Crippen LogP contribution in [-0.4, -0.2) is 99.3 Å². The minimum atomic E-state index is -1.26. The van der Waals surface area contributed by atoms with E-state index in [4.69, 9.17) is 17.2 Å². The molecule has 0 unspecified atom stereocenters. The number of amides is 4. The fourth-order valence-electron chi connectivity index (χ4n) is 3.96. The molecule has 0 radical (unpaired) electrons. The van der Waals surface area contributed by atoms with Gasteiger partial charge in [0.05, 0.1) is 18.9 Å². The van der Waals surface area contributed by atoms with Gasteiger partial charge in [-0.3, -0.25) is 24.2 Å². The molecule has 0 aliphatic carbocycles. The lowest BCUT2D eigenvalue weighted by Gasteiger charge is -2.27. The molecule has 0 saturated carbocycles. The van der Waals surface area contributed by atoms with Crippen molar-refractivity contribution in [3.8, 4) is 0 Å². The molecule has 4 atom stereocenters. The number of aliphatic imine (C=N–C) groups is 1. The topological polar surface area (TPSA) is 264 Å². The van der Waals surface area contributed by atoms with Crippen molar-refractivity contribution in [1.29, 1.82) is 0 Å². The second-order valence-electron chi connectivity index (χ2n) is 8.95. The summed E-state index contributed by atoms with van der Waals surface area (Å²) in [6.45, 7) is 1.59. The van der Waals surface area contributed by atoms with Crippen LogP contribution < -0.4 is 33.2 Å². The minimum absolute atomic E-state index is 0.0312. The number of carbonyl (C=O) groups is 5. The summed E-state index contributed by atoms with van der Waals surface area (Å²) in [6.07, 6.45) is 4.30. The van der Waals surface area contributed by atoms with Gasteiger partial charge in [0.2, 0.25) is 23.6 Å². The van der Waals surface area contributed by atoms with Gasteiger partial charge in [0.15, 0.2) is 5.96 Å². The van der Waals surface area contributed by atoms with Crippen LogP contribution in [0.25, 0.3) is 0 Å². The number of likely N-dealkylation sites (tertiary alicyclic amines) is 1. The van der Waals surface area contributed by atoms with E-state index in [0.29, 0.717) is 31.5 Å². The van der Waals surface area contributed by atoms with Gasteiger partial charge >= 0.3 is 5.97 Å². The number of nitrogens with two attached hydrogens (primary N) is 3. The van der Waals surface area contributed by atoms with Crippen LogP contribution >= 0.6 is 0 Å². The first-order valence-corrected chi connectivity index (χ1v) is 12.2. The number of imidazole rings is 1. The third kappa shape index (κ3) is 9.34. The molecule has 2 heterocycles. The van der Waals surface area contributed by atoms with Crippen molar-refractivity contribution in [3.63, 3.8) is 0 Å². The Morgan fingerprint density at radius 1 is 1.24 bits per heavy atom. The third-order valence-electron chi connectivity index (χ3n) is 5.84. The van der Waals surface area contributed by atoms with Crippen LogP contribution in [0.1, 0.15) is 38.3 Å². The molecule has 0 aromatic carbocycles. The predicted molar refractivity (Wildman–Crippen MR) is 135 cm³/mol. The average molecular weight is 537 g/mol. The molecule has 16 nitrogen and oxygen atoms in total. The molecule has 1 aliphatic heterocycles. The van der Waals surface area contributed by atoms with Crippen molar-refractivity contribution in [2.45, 2.75) is 63.2 Å². The van der Waals surface area contributed by atoms with Crippen LogP contribution in [-0.2, 0) is 30.4 Å². The van der Waals surface area contributed by atoms with Gasteiger partial charge in [-0.15, -0.1) is 0 Å². The maximum atomic E-state index is 13.0. The molecule has 1 aliphatic rings. The number of carbonyl (C=O) groups excluding carboxylic acids is 4. The SMILES string of the molecule is C[C@H](N)C(=O)N1CCC[C@H]1C(=O)N[C@@H](CCCN=C(N)N)C(=O)NCC(=O)N[C@@H](Cc1cnc[nH]1)C(=O)O. The van der Waals surface area contributed by atoms with Gasteiger partial charge in [-0.25, -0.2) is 9.78 Å². The summed E-state index contributed by atoms with van der Waals surface area (Å²) in [5, 5.41) is 16.8. The Hall–Kier alpha value is -4.21. The van der Waals surface area contributed by atoms with E-state index in [9.17, 15) is 29.1 Å². The van der Waals surface area contributed by atoms with Gasteiger partial charge in [-0.1, -0.05) is 0 Å². The van der Waals surface area contributed by atoms with Crippen molar-refractivity contribution in [2.75, 3.05) is 19.6 Å². The van der Waals surface area contributed by atoms with Gasteiger partial charge < -0.3 is 48.1 Å². The number of aromatic nitrogens is 2. The smallest absolute Gasteiger partial charge is 0.326 e. The zero-order valence-electron chi connectivity index (χ0n) is 21.2. The van der Waals surface area contributed by atoms with Crippen molar-refractivity contribution in [1.82, 2.24) is 30.8 Å². The summed E-state index contributed by atoms with van der Waals surface area (Å²) < 4.78 is 0. The zero-order chi connectivity index (χ0) is 28.2. The standard InChI is InChI=1S/C22H36N10O6/c1-12(23)20(36)32-7-3-5-16(32)19(35)31-14(4-2-6-27-22(24)25)18(34)28-10-17(33)30-15(21(37)38)8-13-9-26-11-29-13/h9,11-12,14-16H,2-8,10,23H2,1H3,(H,26,29)(H,28,34)(H,30,33)(H,31,35)(H,37,38)(H4,24,25,27)/t12-,14-,15-,16-/m0/s1. The van der Waals surface area contributed by atoms with Gasteiger partial charge in [0.25, 0.3) is 0 Å². The molecule has 11 N–H and O–H groups in total. The maximum Gasteiger partial charge on any atom is 0.326 e. The van der Waals surface area contributed by atoms with Gasteiger partial charge in [0, 0.05) is 31.4 Å². The Morgan fingerprint density at radius 2 is 1.97 bits per heavy atom. The van der Waals surface area contributed by atoms with Crippen LogP contribution in [0.4, 0.5) is 0 Å². The first-order chi connectivity index (χ1) is 18.0. The summed E-state index contributed by atoms with van der Waals surface area (Å²) in [6, 6.07) is -3.85. The van der Waals surface area contributed by atoms with Crippen molar-refractivity contribution in [3.05, 3.63) is 18.2 Å². The van der Waals surface area contributed by atoms with E-state index >= 15 is 0 Å². The van der Waals surface area contributed by atoms with Gasteiger partial charge in [-0.05, 0) is 32.6 Å². The second kappa shape index (κ2) is 14.5. The lowest BCUT2D eigenvalue weighted by Crippen LogP contribution is -2.55. The van der Waals surface area contributed by atoms with E-state index in [1.165, 1.54) is 24.3 Å². The van der Waals surface area contributed by atoms with Crippen molar-refractivity contribution in [2.24, 2.45) is 22.2 Å². The summed E-state index contributed by atoms with van der Waals surface area (Å²) in [5.41, 5.74) is 16.8. The summed E-state index contributed by atoms with van der Waals surface area (Å²) in [4.78, 5) is 74.0. The average Bonchev–Trinajstić information content (AvgIpc) is 3.55. The molecule has 0 spiro atoms. The summed E-state index contributed by atoms with van der Waals surface area (Å²) >= 11 is 0. The van der Waals surface area contributed by atoms with Crippen molar-refractivity contribution < 1.29 is 29.1 Å². The molecule has 1 aromatic heterocycles. The lowest BCUT2D eigenvalue weighted by atomic mass is 10.1. The molecule has 1 aromatic rings. The molecular weight excluding hydrogens is 500 g/mol. The molecule has 1 fully saturated rings. The Labute approximate surface area is 219 Å². The van der Waals surface area contributed by atoms with E-state index < -0.39 is 54.4 Å². The fourth-order valence-corrected chi connectivity index (χ4v) is 3.96. The Kier molecular flexibility index (Phi) is 11.5. The summed E-state index contributed by atoms with van der Waals surface area (Å²) in [7, 11) is 0. The number of carboxylic acid groups (broad SMARTS) is 1. The number of nitrogens with zero attached hydrogens (tertiary/aromatic N) is 3. The monoisotopic (exact) mass is 536 g/mol. The first kappa shape index (κ1) is 30.0. The van der Waals surface area contributed by atoms with Crippen LogP contribution in [0.15, 0.2) is 17.5 Å². The third-order valence-corrected chi connectivity index (χ3v) is 5.84. The highest BCUT2D eigenvalue weighted by Gasteiger charge is 2.36. The Morgan fingerprint density at radius 3 is 2.58 bits per heavy atom. The minimum Gasteiger partial charge on any atom is -0.480 e. The van der Waals surface area contributed by atoms with E-state index in [2.05, 4.69) is 30.9 Å². The molecule has 210 valence electrons. The molecule has 16 heteroatoms. The van der Waals surface area contributed by atoms with E-state index in [-0.39, 0.29) is 31.3 Å². The number of H-pyrrole nitrogens is 1. The van der Waals surface area contributed by atoms with Crippen LogP contribution in [0, 0.1) is 0 Å². The highest BCUT2D eigenvalue weighted by molar-refractivity contribution is 5.94. The first-order valence-electron chi connectivity index (χ1n) is 12.2. The number of aliphatic carboxylic acids is 1. The molecule has 0 bridgehead atoms. The molecule has 38 heavy (non-hydrogen) atoms. The fraction of sp³-hybridized carbons (Fsp3) is 0.591. The highest BCUT2D eigenvalue weighted by Crippen LogP contribution is 2.18. The molecule has 1 saturated heterocycles. The largest absolute Gasteiger partial charge is 0.480 e. The number of hydrogen-bond acceptors (Lipinski definition) is 8. The van der Waals surface area contributed by atoms with Crippen LogP contribution in [0.2, 0.25) is 0 Å². The van der Waals surface area contributed by atoms with E-state index in [1.807, 2.05) is 0 Å². The zero-order valence-corrected chi connectivity index (χ0v) is 21.2. The number of carboxylic acids is 1. The van der Waals surface area contributed by atoms with Gasteiger partial charge in [-0.2, -0.15) is 0 Å². The van der Waals surface area contributed by atoms with E-state index in [0.717, 1.165) is 0 Å².